The zero-order valence-electron chi connectivity index (χ0n) is 23.4. The van der Waals surface area contributed by atoms with Crippen LogP contribution in [0, 0.1) is 5.41 Å². The molecule has 0 radical (unpaired) electrons. The number of anilines is 1. The number of aromatic nitrogens is 2. The fourth-order valence-corrected chi connectivity index (χ4v) is 6.99. The van der Waals surface area contributed by atoms with Crippen LogP contribution in [0.5, 0.6) is 0 Å². The highest BCUT2D eigenvalue weighted by atomic mass is 16.2. The number of nitrogens with one attached hydrogen (secondary N) is 1. The van der Waals surface area contributed by atoms with E-state index >= 15 is 0 Å². The molecule has 2 saturated heterocycles. The van der Waals surface area contributed by atoms with Gasteiger partial charge in [0.25, 0.3) is 5.91 Å². The smallest absolute Gasteiger partial charge is 0.259 e. The normalized spacial score (nSPS) is 25.6. The van der Waals surface area contributed by atoms with Crippen LogP contribution in [-0.2, 0) is 16.0 Å². The Morgan fingerprint density at radius 3 is 2.67 bits per heavy atom. The maximum atomic E-state index is 13.5. The van der Waals surface area contributed by atoms with Crippen LogP contribution in [0.25, 0.3) is 10.8 Å². The van der Waals surface area contributed by atoms with E-state index in [-0.39, 0.29) is 18.7 Å². The lowest BCUT2D eigenvalue weighted by Gasteiger charge is -2.44. The first-order valence-corrected chi connectivity index (χ1v) is 14.2. The molecule has 1 atom stereocenters. The Labute approximate surface area is 229 Å². The lowest BCUT2D eigenvalue weighted by atomic mass is 9.70. The summed E-state index contributed by atoms with van der Waals surface area (Å²) >= 11 is 0. The summed E-state index contributed by atoms with van der Waals surface area (Å²) in [7, 11) is 0. The number of nitrogens with zero attached hydrogens (tertiary/aromatic N) is 4. The standard InChI is InChI=1S/C31H35N5O3/c1-31(12-3-13-31)19-34-14-10-22(11-15-34)35-18-20(17-32-35)16-21-6-7-25-28-23(21)4-2-5-24(28)30(39)36(25)26-8-9-27(37)33-29(26)38/h2,4-7,17-18,22,26H,3,8-16,19H2,1H3,(H,33,37,38)/t26-/m0/s1/i26D. The molecule has 1 N–H and O–H groups in total. The van der Waals surface area contributed by atoms with Crippen LogP contribution in [0.15, 0.2) is 42.7 Å². The first kappa shape index (κ1) is 23.4. The molecule has 1 saturated carbocycles. The number of likely N-dealkylation sites (tertiary alicyclic amines) is 1. The van der Waals surface area contributed by atoms with Crippen LogP contribution in [0.1, 0.15) is 80.8 Å². The first-order chi connectivity index (χ1) is 19.2. The van der Waals surface area contributed by atoms with Crippen LogP contribution in [0.2, 0.25) is 0 Å². The van der Waals surface area contributed by atoms with Gasteiger partial charge in [-0.3, -0.25) is 29.3 Å². The number of rotatable bonds is 6. The summed E-state index contributed by atoms with van der Waals surface area (Å²) in [6, 6.07) is 7.99. The van der Waals surface area contributed by atoms with Crippen LogP contribution in [0.3, 0.4) is 0 Å². The van der Waals surface area contributed by atoms with Gasteiger partial charge in [0.05, 0.1) is 19.3 Å². The molecule has 0 bridgehead atoms. The number of hydrogen-bond donors (Lipinski definition) is 1. The van der Waals surface area contributed by atoms with Crippen LogP contribution >= 0.6 is 0 Å². The molecule has 7 rings (SSSR count). The summed E-state index contributed by atoms with van der Waals surface area (Å²) in [5.41, 5.74) is 3.76. The van der Waals surface area contributed by atoms with Gasteiger partial charge in [0.1, 0.15) is 6.02 Å². The first-order valence-electron chi connectivity index (χ1n) is 14.7. The lowest BCUT2D eigenvalue weighted by Crippen LogP contribution is -2.53. The molecular formula is C31H35N5O3. The minimum absolute atomic E-state index is 0.0268. The Balaban J connectivity index is 1.11. The van der Waals surface area contributed by atoms with Gasteiger partial charge >= 0.3 is 0 Å². The number of piperidine rings is 2. The van der Waals surface area contributed by atoms with Crippen molar-refractivity contribution in [3.8, 4) is 0 Å². The van der Waals surface area contributed by atoms with Gasteiger partial charge in [-0.1, -0.05) is 31.5 Å². The summed E-state index contributed by atoms with van der Waals surface area (Å²) in [5, 5.41) is 8.69. The van der Waals surface area contributed by atoms with E-state index in [0.717, 1.165) is 47.8 Å². The molecule has 39 heavy (non-hydrogen) atoms. The van der Waals surface area contributed by atoms with Gasteiger partial charge in [0, 0.05) is 49.6 Å². The number of imide groups is 1. The van der Waals surface area contributed by atoms with E-state index < -0.39 is 17.8 Å². The van der Waals surface area contributed by atoms with Crippen molar-refractivity contribution in [1.29, 1.82) is 0 Å². The molecule has 202 valence electrons. The zero-order chi connectivity index (χ0) is 27.6. The molecule has 8 nitrogen and oxygen atoms in total. The molecule has 2 aromatic carbocycles. The fourth-order valence-electron chi connectivity index (χ4n) is 6.99. The van der Waals surface area contributed by atoms with Crippen molar-refractivity contribution < 1.29 is 15.8 Å². The second kappa shape index (κ2) is 9.30. The van der Waals surface area contributed by atoms with Crippen LogP contribution in [-0.4, -0.2) is 58.1 Å². The molecule has 3 fully saturated rings. The summed E-state index contributed by atoms with van der Waals surface area (Å²) in [6.07, 6.45) is 11.1. The minimum Gasteiger partial charge on any atom is -0.303 e. The van der Waals surface area contributed by atoms with E-state index in [1.54, 1.807) is 6.07 Å². The van der Waals surface area contributed by atoms with Crippen molar-refractivity contribution in [2.45, 2.75) is 70.4 Å². The average Bonchev–Trinajstić information content (AvgIpc) is 3.51. The number of hydrogen-bond acceptors (Lipinski definition) is 5. The largest absolute Gasteiger partial charge is 0.303 e. The van der Waals surface area contributed by atoms with Gasteiger partial charge in [-0.2, -0.15) is 5.10 Å². The molecule has 1 aliphatic carbocycles. The van der Waals surface area contributed by atoms with E-state index in [4.69, 9.17) is 6.47 Å². The van der Waals surface area contributed by atoms with E-state index in [9.17, 15) is 14.4 Å². The zero-order valence-corrected chi connectivity index (χ0v) is 22.4. The van der Waals surface area contributed by atoms with Gasteiger partial charge in [0.2, 0.25) is 11.8 Å². The highest BCUT2D eigenvalue weighted by Crippen LogP contribution is 2.42. The fraction of sp³-hybridized carbons (Fsp3) is 0.484. The number of carbonyl (C=O) groups excluding carboxylic acids is 3. The van der Waals surface area contributed by atoms with Gasteiger partial charge in [-0.25, -0.2) is 0 Å². The molecule has 3 amide bonds. The second-order valence-electron chi connectivity index (χ2n) is 12.1. The predicted octanol–water partition coefficient (Wildman–Crippen LogP) is 4.22. The Bertz CT molecular complexity index is 1540. The average molecular weight is 527 g/mol. The van der Waals surface area contributed by atoms with Gasteiger partial charge in [-0.05, 0) is 66.2 Å². The van der Waals surface area contributed by atoms with Crippen molar-refractivity contribution >= 4 is 34.2 Å². The van der Waals surface area contributed by atoms with Crippen molar-refractivity contribution in [3.05, 3.63) is 59.4 Å². The van der Waals surface area contributed by atoms with Crippen molar-refractivity contribution in [2.24, 2.45) is 5.41 Å². The van der Waals surface area contributed by atoms with E-state index in [1.807, 2.05) is 30.5 Å². The van der Waals surface area contributed by atoms with E-state index in [0.29, 0.717) is 29.1 Å². The number of benzene rings is 2. The third-order valence-electron chi connectivity index (χ3n) is 9.30. The van der Waals surface area contributed by atoms with E-state index in [2.05, 4.69) is 28.0 Å². The van der Waals surface area contributed by atoms with Crippen molar-refractivity contribution in [2.75, 3.05) is 24.5 Å². The number of amides is 3. The molecule has 3 aliphatic heterocycles. The molecule has 3 aromatic rings. The quantitative estimate of drug-likeness (QED) is 0.486. The Kier molecular flexibility index (Phi) is 5.57. The summed E-state index contributed by atoms with van der Waals surface area (Å²) in [6.45, 7) is 5.89. The summed E-state index contributed by atoms with van der Waals surface area (Å²) in [4.78, 5) is 41.9. The van der Waals surface area contributed by atoms with Crippen LogP contribution < -0.4 is 10.2 Å². The topological polar surface area (TPSA) is 87.5 Å². The number of carbonyl (C=O) groups is 3. The van der Waals surface area contributed by atoms with Crippen molar-refractivity contribution in [3.63, 3.8) is 0 Å². The Morgan fingerprint density at radius 2 is 1.92 bits per heavy atom. The monoisotopic (exact) mass is 526 g/mol. The third-order valence-corrected chi connectivity index (χ3v) is 9.30. The molecule has 1 aromatic heterocycles. The van der Waals surface area contributed by atoms with Crippen LogP contribution in [0.4, 0.5) is 5.69 Å². The predicted molar refractivity (Wildman–Crippen MR) is 149 cm³/mol. The SMILES string of the molecule is [2H][C@]1(N2C(=O)c3cccc4c(Cc5cnn(C6CCN(CC7(C)CCC7)CC6)c5)ccc2c34)CCC(=O)NC1=O. The third kappa shape index (κ3) is 4.25. The highest BCUT2D eigenvalue weighted by Gasteiger charge is 2.41. The molecule has 8 heteroatoms. The lowest BCUT2D eigenvalue weighted by molar-refractivity contribution is -0.134. The molecular weight excluding hydrogens is 490 g/mol. The highest BCUT2D eigenvalue weighted by molar-refractivity contribution is 6.27. The summed E-state index contributed by atoms with van der Waals surface area (Å²) < 4.78 is 11.0. The van der Waals surface area contributed by atoms with Crippen molar-refractivity contribution in [1.82, 2.24) is 20.0 Å². The maximum absolute atomic E-state index is 13.5. The molecule has 0 unspecified atom stereocenters. The van der Waals surface area contributed by atoms with Gasteiger partial charge in [-0.15, -0.1) is 0 Å². The van der Waals surface area contributed by atoms with Gasteiger partial charge < -0.3 is 4.90 Å². The molecule has 4 heterocycles. The molecule has 4 aliphatic rings. The minimum atomic E-state index is -1.86. The second-order valence-corrected chi connectivity index (χ2v) is 12.1. The Hall–Kier alpha value is -3.52. The van der Waals surface area contributed by atoms with Gasteiger partial charge in [0.15, 0.2) is 0 Å². The maximum Gasteiger partial charge on any atom is 0.259 e. The summed E-state index contributed by atoms with van der Waals surface area (Å²) in [5.74, 6) is -1.54. The molecule has 0 spiro atoms. The van der Waals surface area contributed by atoms with E-state index in [1.165, 1.54) is 30.7 Å². The Morgan fingerprint density at radius 1 is 1.10 bits per heavy atom.